The normalized spacial score (nSPS) is 15.2. The first-order valence-electron chi connectivity index (χ1n) is 9.17. The van der Waals surface area contributed by atoms with Crippen LogP contribution in [0.4, 0.5) is 0 Å². The van der Waals surface area contributed by atoms with Crippen molar-refractivity contribution in [2.45, 2.75) is 0 Å². The highest BCUT2D eigenvalue weighted by atomic mass is 35.5. The van der Waals surface area contributed by atoms with E-state index in [0.29, 0.717) is 17.3 Å². The highest BCUT2D eigenvalue weighted by molar-refractivity contribution is 6.31. The van der Waals surface area contributed by atoms with Gasteiger partial charge in [-0.3, -0.25) is 9.69 Å². The molecule has 0 bridgehead atoms. The molecule has 3 aromatic rings. The summed E-state index contributed by atoms with van der Waals surface area (Å²) in [5, 5.41) is 1.63. The Kier molecular flexibility index (Phi) is 5.32. The van der Waals surface area contributed by atoms with E-state index < -0.39 is 0 Å². The molecular formula is C21H22ClN3O2. The minimum atomic E-state index is 0.0440. The Hall–Kier alpha value is -2.50. The molecular weight excluding hydrogens is 362 g/mol. The van der Waals surface area contributed by atoms with Gasteiger partial charge in [0.2, 0.25) is 0 Å². The summed E-state index contributed by atoms with van der Waals surface area (Å²) in [6.07, 6.45) is 0. The maximum atomic E-state index is 12.8. The Morgan fingerprint density at radius 1 is 1.04 bits per heavy atom. The molecule has 0 spiro atoms. The quantitative estimate of drug-likeness (QED) is 0.731. The molecule has 1 aliphatic rings. The third kappa shape index (κ3) is 4.26. The summed E-state index contributed by atoms with van der Waals surface area (Å²) in [6, 6.07) is 17.3. The third-order valence-corrected chi connectivity index (χ3v) is 5.13. The van der Waals surface area contributed by atoms with E-state index in [1.807, 2.05) is 59.5 Å². The second-order valence-electron chi connectivity index (χ2n) is 6.71. The fourth-order valence-corrected chi connectivity index (χ4v) is 3.55. The lowest BCUT2D eigenvalue weighted by Gasteiger charge is -2.34. The Balaban J connectivity index is 1.28. The third-order valence-electron chi connectivity index (χ3n) is 4.89. The van der Waals surface area contributed by atoms with E-state index in [0.717, 1.165) is 49.4 Å². The number of hydrogen-bond donors (Lipinski definition) is 1. The lowest BCUT2D eigenvalue weighted by Crippen LogP contribution is -2.49. The number of H-pyrrole nitrogens is 1. The minimum absolute atomic E-state index is 0.0440. The first-order valence-corrected chi connectivity index (χ1v) is 9.54. The molecule has 1 saturated heterocycles. The molecule has 2 aromatic carbocycles. The number of carbonyl (C=O) groups is 1. The predicted octanol–water partition coefficient (Wildman–Crippen LogP) is 3.66. The number of para-hydroxylation sites is 1. The molecule has 1 N–H and O–H groups in total. The molecule has 1 aliphatic heterocycles. The first-order chi connectivity index (χ1) is 13.2. The van der Waals surface area contributed by atoms with Crippen molar-refractivity contribution in [1.29, 1.82) is 0 Å². The van der Waals surface area contributed by atoms with Gasteiger partial charge in [-0.2, -0.15) is 0 Å². The molecule has 1 amide bonds. The average Bonchev–Trinajstić information content (AvgIpc) is 3.12. The number of aromatic amines is 1. The van der Waals surface area contributed by atoms with Crippen LogP contribution in [-0.2, 0) is 0 Å². The number of halogens is 1. The van der Waals surface area contributed by atoms with Crippen LogP contribution in [0.25, 0.3) is 10.9 Å². The monoisotopic (exact) mass is 383 g/mol. The molecule has 0 aliphatic carbocycles. The van der Waals surface area contributed by atoms with Gasteiger partial charge >= 0.3 is 0 Å². The van der Waals surface area contributed by atoms with Crippen molar-refractivity contribution >= 4 is 28.4 Å². The molecule has 2 heterocycles. The zero-order valence-electron chi connectivity index (χ0n) is 15.0. The summed E-state index contributed by atoms with van der Waals surface area (Å²) in [5.41, 5.74) is 1.55. The van der Waals surface area contributed by atoms with E-state index in [4.69, 9.17) is 16.3 Å². The second-order valence-corrected chi connectivity index (χ2v) is 7.15. The highest BCUT2D eigenvalue weighted by Crippen LogP contribution is 2.21. The van der Waals surface area contributed by atoms with E-state index in [1.165, 1.54) is 0 Å². The van der Waals surface area contributed by atoms with E-state index in [2.05, 4.69) is 9.88 Å². The van der Waals surface area contributed by atoms with Crippen molar-refractivity contribution in [1.82, 2.24) is 14.8 Å². The van der Waals surface area contributed by atoms with Crippen LogP contribution in [0.1, 0.15) is 10.5 Å². The first kappa shape index (κ1) is 17.9. The molecule has 0 unspecified atom stereocenters. The van der Waals surface area contributed by atoms with Crippen LogP contribution < -0.4 is 4.74 Å². The van der Waals surface area contributed by atoms with Crippen LogP contribution in [0.3, 0.4) is 0 Å². The number of carbonyl (C=O) groups excluding carboxylic acids is 1. The summed E-state index contributed by atoms with van der Waals surface area (Å²) in [6.45, 7) is 4.68. The number of fused-ring (bicyclic) bond motifs is 1. The van der Waals surface area contributed by atoms with Gasteiger partial charge in [-0.15, -0.1) is 0 Å². The maximum Gasteiger partial charge on any atom is 0.270 e. The van der Waals surface area contributed by atoms with E-state index in [1.54, 1.807) is 0 Å². The Morgan fingerprint density at radius 3 is 2.59 bits per heavy atom. The maximum absolute atomic E-state index is 12.8. The second kappa shape index (κ2) is 8.03. The lowest BCUT2D eigenvalue weighted by atomic mass is 10.2. The topological polar surface area (TPSA) is 48.6 Å². The number of hydrogen-bond acceptors (Lipinski definition) is 3. The summed E-state index contributed by atoms with van der Waals surface area (Å²) in [5.74, 6) is 0.938. The fourth-order valence-electron chi connectivity index (χ4n) is 3.37. The average molecular weight is 384 g/mol. The van der Waals surface area contributed by atoms with Crippen molar-refractivity contribution in [2.75, 3.05) is 39.3 Å². The summed E-state index contributed by atoms with van der Waals surface area (Å²) < 4.78 is 5.76. The number of piperazine rings is 1. The van der Waals surface area contributed by atoms with Crippen molar-refractivity contribution in [3.8, 4) is 5.75 Å². The molecule has 0 atom stereocenters. The van der Waals surface area contributed by atoms with Gasteiger partial charge in [-0.25, -0.2) is 0 Å². The van der Waals surface area contributed by atoms with Crippen LogP contribution in [0, 0.1) is 0 Å². The molecule has 0 saturated carbocycles. The smallest absolute Gasteiger partial charge is 0.270 e. The molecule has 0 radical (unpaired) electrons. The van der Waals surface area contributed by atoms with Gasteiger partial charge in [0.15, 0.2) is 0 Å². The van der Waals surface area contributed by atoms with Crippen LogP contribution in [0.2, 0.25) is 5.02 Å². The molecule has 5 nitrogen and oxygen atoms in total. The number of amides is 1. The Labute approximate surface area is 163 Å². The molecule has 6 heteroatoms. The van der Waals surface area contributed by atoms with Gasteiger partial charge in [0.25, 0.3) is 5.91 Å². The number of benzene rings is 2. The molecule has 4 rings (SSSR count). The largest absolute Gasteiger partial charge is 0.492 e. The van der Waals surface area contributed by atoms with Crippen LogP contribution in [0.15, 0.2) is 54.6 Å². The van der Waals surface area contributed by atoms with Gasteiger partial charge < -0.3 is 14.6 Å². The van der Waals surface area contributed by atoms with E-state index in [-0.39, 0.29) is 5.91 Å². The van der Waals surface area contributed by atoms with E-state index in [9.17, 15) is 4.79 Å². The van der Waals surface area contributed by atoms with Crippen molar-refractivity contribution in [2.24, 2.45) is 0 Å². The Morgan fingerprint density at radius 2 is 1.81 bits per heavy atom. The zero-order chi connectivity index (χ0) is 18.6. The summed E-state index contributed by atoms with van der Waals surface area (Å²) in [7, 11) is 0. The van der Waals surface area contributed by atoms with Gasteiger partial charge in [-0.1, -0.05) is 29.8 Å². The molecule has 27 heavy (non-hydrogen) atoms. The molecule has 140 valence electrons. The van der Waals surface area contributed by atoms with Gasteiger partial charge in [0.05, 0.1) is 0 Å². The van der Waals surface area contributed by atoms with Crippen LogP contribution in [-0.4, -0.2) is 60.0 Å². The number of ether oxygens (including phenoxy) is 1. The highest BCUT2D eigenvalue weighted by Gasteiger charge is 2.23. The predicted molar refractivity (Wildman–Crippen MR) is 108 cm³/mol. The Bertz CT molecular complexity index is 918. The SMILES string of the molecule is O=C(c1cc2cc(Cl)ccc2[nH]1)N1CCN(CCOc2ccccc2)CC1. The molecule has 1 fully saturated rings. The van der Waals surface area contributed by atoms with Gasteiger partial charge in [0.1, 0.15) is 18.1 Å². The van der Waals surface area contributed by atoms with Crippen LogP contribution >= 0.6 is 11.6 Å². The minimum Gasteiger partial charge on any atom is -0.492 e. The molecule has 1 aromatic heterocycles. The lowest BCUT2D eigenvalue weighted by molar-refractivity contribution is 0.0615. The van der Waals surface area contributed by atoms with E-state index >= 15 is 0 Å². The number of rotatable bonds is 5. The van der Waals surface area contributed by atoms with Crippen molar-refractivity contribution in [3.05, 3.63) is 65.3 Å². The summed E-state index contributed by atoms with van der Waals surface area (Å²) >= 11 is 6.03. The number of nitrogens with one attached hydrogen (secondary N) is 1. The van der Waals surface area contributed by atoms with Crippen molar-refractivity contribution < 1.29 is 9.53 Å². The standard InChI is InChI=1S/C21H22ClN3O2/c22-17-6-7-19-16(14-17)15-20(23-19)21(26)25-10-8-24(9-11-25)12-13-27-18-4-2-1-3-5-18/h1-7,14-15,23H,8-13H2. The zero-order valence-corrected chi connectivity index (χ0v) is 15.8. The van der Waals surface area contributed by atoms with Crippen LogP contribution in [0.5, 0.6) is 5.75 Å². The van der Waals surface area contributed by atoms with Gasteiger partial charge in [0, 0.05) is 48.6 Å². The van der Waals surface area contributed by atoms with Gasteiger partial charge in [-0.05, 0) is 36.4 Å². The fraction of sp³-hybridized carbons (Fsp3) is 0.286. The van der Waals surface area contributed by atoms with Crippen molar-refractivity contribution in [3.63, 3.8) is 0 Å². The number of nitrogens with zero attached hydrogens (tertiary/aromatic N) is 2. The number of aromatic nitrogens is 1. The summed E-state index contributed by atoms with van der Waals surface area (Å²) in [4.78, 5) is 20.2.